The maximum absolute atomic E-state index is 12.5. The Balaban J connectivity index is 1.45. The standard InChI is InChI=1S/C23H30N4O2S/c1-16-17(2)25-23(24)21-22(16)27(20(26-21)15-18-11-12-18)13-7-4-8-14-30(28,29)19-9-5-3-6-10-19/h3,5-6,9-10,18H,4,7-8,11-15H2,1-2H3,(H2,24,25). The SMILES string of the molecule is Cc1nc(N)c2nc(CC3CC3)n(CCCCCS(=O)(=O)c3ccccc3)c2c1C. The molecule has 0 saturated heterocycles. The molecular formula is C23H30N4O2S. The van der Waals surface area contributed by atoms with Crippen LogP contribution in [0.4, 0.5) is 5.82 Å². The molecule has 0 aliphatic heterocycles. The first-order valence-electron chi connectivity index (χ1n) is 10.8. The van der Waals surface area contributed by atoms with E-state index in [0.717, 1.165) is 59.8 Å². The van der Waals surface area contributed by atoms with Crippen molar-refractivity contribution >= 4 is 26.7 Å². The van der Waals surface area contributed by atoms with Gasteiger partial charge in [0.25, 0.3) is 0 Å². The molecule has 3 aromatic rings. The number of aromatic nitrogens is 3. The summed E-state index contributed by atoms with van der Waals surface area (Å²) in [5.41, 5.74) is 10.1. The number of unbranched alkanes of at least 4 members (excludes halogenated alkanes) is 2. The molecule has 0 radical (unpaired) electrons. The zero-order valence-electron chi connectivity index (χ0n) is 17.8. The third-order valence-corrected chi connectivity index (χ3v) is 7.86. The molecular weight excluding hydrogens is 396 g/mol. The first kappa shape index (κ1) is 20.8. The molecule has 0 amide bonds. The van der Waals surface area contributed by atoms with Gasteiger partial charge in [-0.05, 0) is 63.1 Å². The molecule has 1 aromatic carbocycles. The van der Waals surface area contributed by atoms with Crippen LogP contribution in [0.1, 0.15) is 49.2 Å². The van der Waals surface area contributed by atoms with Crippen molar-refractivity contribution in [2.45, 2.75) is 63.8 Å². The van der Waals surface area contributed by atoms with E-state index >= 15 is 0 Å². The summed E-state index contributed by atoms with van der Waals surface area (Å²) < 4.78 is 27.2. The lowest BCUT2D eigenvalue weighted by atomic mass is 10.2. The Hall–Kier alpha value is -2.41. The monoisotopic (exact) mass is 426 g/mol. The van der Waals surface area contributed by atoms with Crippen LogP contribution in [-0.4, -0.2) is 28.7 Å². The van der Waals surface area contributed by atoms with Gasteiger partial charge in [0.2, 0.25) is 0 Å². The third kappa shape index (κ3) is 4.36. The molecule has 1 aliphatic rings. The van der Waals surface area contributed by atoms with Gasteiger partial charge >= 0.3 is 0 Å². The number of nitrogens with zero attached hydrogens (tertiary/aromatic N) is 3. The lowest BCUT2D eigenvalue weighted by Crippen LogP contribution is -2.09. The lowest BCUT2D eigenvalue weighted by Gasteiger charge is -2.12. The molecule has 2 N–H and O–H groups in total. The van der Waals surface area contributed by atoms with Crippen molar-refractivity contribution in [3.05, 3.63) is 47.4 Å². The maximum Gasteiger partial charge on any atom is 0.178 e. The van der Waals surface area contributed by atoms with E-state index < -0.39 is 9.84 Å². The molecule has 0 spiro atoms. The Morgan fingerprint density at radius 2 is 1.80 bits per heavy atom. The highest BCUT2D eigenvalue weighted by Gasteiger charge is 2.26. The van der Waals surface area contributed by atoms with Gasteiger partial charge in [-0.1, -0.05) is 24.6 Å². The smallest absolute Gasteiger partial charge is 0.178 e. The molecule has 0 unspecified atom stereocenters. The van der Waals surface area contributed by atoms with Crippen LogP contribution in [0.5, 0.6) is 0 Å². The van der Waals surface area contributed by atoms with E-state index in [1.54, 1.807) is 24.3 Å². The van der Waals surface area contributed by atoms with Crippen LogP contribution in [0.25, 0.3) is 11.0 Å². The van der Waals surface area contributed by atoms with Gasteiger partial charge in [-0.25, -0.2) is 18.4 Å². The van der Waals surface area contributed by atoms with Gasteiger partial charge in [0.05, 0.1) is 16.2 Å². The van der Waals surface area contributed by atoms with Crippen molar-refractivity contribution in [1.29, 1.82) is 0 Å². The van der Waals surface area contributed by atoms with E-state index in [1.165, 1.54) is 12.8 Å². The van der Waals surface area contributed by atoms with Gasteiger partial charge in [-0.15, -0.1) is 0 Å². The molecule has 2 aromatic heterocycles. The minimum Gasteiger partial charge on any atom is -0.382 e. The summed E-state index contributed by atoms with van der Waals surface area (Å²) in [4.78, 5) is 9.71. The van der Waals surface area contributed by atoms with E-state index in [1.807, 2.05) is 13.0 Å². The summed E-state index contributed by atoms with van der Waals surface area (Å²) in [6.07, 6.45) is 5.94. The minimum atomic E-state index is -3.21. The fourth-order valence-corrected chi connectivity index (χ4v) is 5.40. The average Bonchev–Trinajstić information content (AvgIpc) is 3.46. The molecule has 0 atom stereocenters. The van der Waals surface area contributed by atoms with Crippen molar-refractivity contribution in [2.75, 3.05) is 11.5 Å². The topological polar surface area (TPSA) is 90.9 Å². The number of hydrogen-bond acceptors (Lipinski definition) is 5. The highest BCUT2D eigenvalue weighted by atomic mass is 32.2. The fraction of sp³-hybridized carbons (Fsp3) is 0.478. The van der Waals surface area contributed by atoms with Crippen LogP contribution in [-0.2, 0) is 22.8 Å². The number of nitrogen functional groups attached to an aromatic ring is 1. The minimum absolute atomic E-state index is 0.186. The first-order valence-corrected chi connectivity index (χ1v) is 12.4. The van der Waals surface area contributed by atoms with E-state index in [2.05, 4.69) is 16.5 Å². The Bertz CT molecular complexity index is 1150. The Morgan fingerprint density at radius 3 is 2.50 bits per heavy atom. The number of aryl methyl sites for hydroxylation is 3. The van der Waals surface area contributed by atoms with Crippen LogP contribution in [0.15, 0.2) is 35.2 Å². The lowest BCUT2D eigenvalue weighted by molar-refractivity contribution is 0.568. The zero-order valence-corrected chi connectivity index (χ0v) is 18.6. The maximum atomic E-state index is 12.5. The van der Waals surface area contributed by atoms with Gasteiger partial charge < -0.3 is 10.3 Å². The van der Waals surface area contributed by atoms with Gasteiger partial charge in [0.15, 0.2) is 15.7 Å². The average molecular weight is 427 g/mol. The van der Waals surface area contributed by atoms with Crippen LogP contribution >= 0.6 is 0 Å². The molecule has 160 valence electrons. The predicted octanol–water partition coefficient (Wildman–Crippen LogP) is 4.23. The van der Waals surface area contributed by atoms with Gasteiger partial charge in [0, 0.05) is 18.7 Å². The van der Waals surface area contributed by atoms with Crippen molar-refractivity contribution < 1.29 is 8.42 Å². The summed E-state index contributed by atoms with van der Waals surface area (Å²) in [7, 11) is -3.21. The molecule has 7 heteroatoms. The largest absolute Gasteiger partial charge is 0.382 e. The van der Waals surface area contributed by atoms with E-state index in [9.17, 15) is 8.42 Å². The summed E-state index contributed by atoms with van der Waals surface area (Å²) in [6.45, 7) is 4.89. The quantitative estimate of drug-likeness (QED) is 0.517. The molecule has 1 saturated carbocycles. The predicted molar refractivity (Wildman–Crippen MR) is 120 cm³/mol. The molecule has 2 heterocycles. The normalized spacial score (nSPS) is 14.5. The summed E-state index contributed by atoms with van der Waals surface area (Å²) in [5, 5.41) is 0. The summed E-state index contributed by atoms with van der Waals surface area (Å²) in [5.74, 6) is 2.50. The van der Waals surface area contributed by atoms with Crippen LogP contribution in [0, 0.1) is 19.8 Å². The molecule has 6 nitrogen and oxygen atoms in total. The number of nitrogens with two attached hydrogens (primary N) is 1. The van der Waals surface area contributed by atoms with E-state index in [0.29, 0.717) is 17.1 Å². The third-order valence-electron chi connectivity index (χ3n) is 6.04. The molecule has 0 bridgehead atoms. The molecule has 1 fully saturated rings. The number of rotatable bonds is 9. The van der Waals surface area contributed by atoms with Gasteiger partial charge in [-0.2, -0.15) is 0 Å². The second-order valence-electron chi connectivity index (χ2n) is 8.42. The number of pyridine rings is 1. The second-order valence-corrected chi connectivity index (χ2v) is 10.5. The Kier molecular flexibility index (Phi) is 5.82. The van der Waals surface area contributed by atoms with E-state index in [-0.39, 0.29) is 5.75 Å². The van der Waals surface area contributed by atoms with Crippen molar-refractivity contribution in [3.63, 3.8) is 0 Å². The van der Waals surface area contributed by atoms with Crippen molar-refractivity contribution in [2.24, 2.45) is 5.92 Å². The number of benzene rings is 1. The second kappa shape index (κ2) is 8.38. The fourth-order valence-electron chi connectivity index (χ4n) is 4.01. The number of hydrogen-bond donors (Lipinski definition) is 1. The highest BCUT2D eigenvalue weighted by Crippen LogP contribution is 2.34. The summed E-state index contributed by atoms with van der Waals surface area (Å²) in [6, 6.07) is 8.70. The van der Waals surface area contributed by atoms with Crippen LogP contribution < -0.4 is 5.73 Å². The van der Waals surface area contributed by atoms with Gasteiger partial charge in [-0.3, -0.25) is 0 Å². The van der Waals surface area contributed by atoms with Crippen LogP contribution in [0.2, 0.25) is 0 Å². The number of sulfone groups is 1. The molecule has 4 rings (SSSR count). The number of imidazole rings is 1. The summed E-state index contributed by atoms with van der Waals surface area (Å²) >= 11 is 0. The van der Waals surface area contributed by atoms with E-state index in [4.69, 9.17) is 10.7 Å². The Labute approximate surface area is 178 Å². The van der Waals surface area contributed by atoms with Crippen molar-refractivity contribution in [1.82, 2.24) is 14.5 Å². The highest BCUT2D eigenvalue weighted by molar-refractivity contribution is 7.91. The zero-order chi connectivity index (χ0) is 21.3. The van der Waals surface area contributed by atoms with Crippen LogP contribution in [0.3, 0.4) is 0 Å². The first-order chi connectivity index (χ1) is 14.4. The van der Waals surface area contributed by atoms with Gasteiger partial charge in [0.1, 0.15) is 11.3 Å². The Morgan fingerprint density at radius 1 is 1.07 bits per heavy atom. The number of anilines is 1. The van der Waals surface area contributed by atoms with Crippen molar-refractivity contribution in [3.8, 4) is 0 Å². The molecule has 1 aliphatic carbocycles. The number of fused-ring (bicyclic) bond motifs is 1. The molecule has 30 heavy (non-hydrogen) atoms.